The van der Waals surface area contributed by atoms with Crippen LogP contribution in [0.25, 0.3) is 27.7 Å². The van der Waals surface area contributed by atoms with E-state index < -0.39 is 11.0 Å². The van der Waals surface area contributed by atoms with Crippen molar-refractivity contribution in [3.63, 3.8) is 0 Å². The second-order valence-electron chi connectivity index (χ2n) is 9.04. The SMILES string of the molecule is CNS(=O)c1ccc(-c2c(C3CCOCC3)n(-c3ccc(F)cc3)c3cc(C(C)=N)c(N)cc23)cc1. The van der Waals surface area contributed by atoms with E-state index in [1.165, 1.54) is 12.1 Å². The van der Waals surface area contributed by atoms with E-state index in [9.17, 15) is 8.60 Å². The summed E-state index contributed by atoms with van der Waals surface area (Å²) in [6.45, 7) is 3.06. The Morgan fingerprint density at radius 1 is 1.11 bits per heavy atom. The molecule has 2 heterocycles. The zero-order valence-corrected chi connectivity index (χ0v) is 21.1. The van der Waals surface area contributed by atoms with Crippen molar-refractivity contribution in [2.45, 2.75) is 30.6 Å². The molecule has 0 aliphatic carbocycles. The van der Waals surface area contributed by atoms with E-state index in [1.807, 2.05) is 36.4 Å². The number of hydrogen-bond donors (Lipinski definition) is 3. The van der Waals surface area contributed by atoms with Crippen LogP contribution in [0, 0.1) is 11.2 Å². The number of nitrogens with two attached hydrogens (primary N) is 1. The van der Waals surface area contributed by atoms with Crippen LogP contribution in [-0.2, 0) is 15.7 Å². The highest BCUT2D eigenvalue weighted by molar-refractivity contribution is 7.83. The minimum Gasteiger partial charge on any atom is -0.398 e. The molecule has 1 atom stereocenters. The Bertz CT molecular complexity index is 1460. The van der Waals surface area contributed by atoms with Gasteiger partial charge in [0.15, 0.2) is 0 Å². The maximum atomic E-state index is 13.9. The molecule has 0 radical (unpaired) electrons. The van der Waals surface area contributed by atoms with Crippen molar-refractivity contribution < 1.29 is 13.3 Å². The third kappa shape index (κ3) is 4.36. The van der Waals surface area contributed by atoms with E-state index in [0.717, 1.165) is 46.3 Å². The van der Waals surface area contributed by atoms with Crippen LogP contribution in [0.2, 0.25) is 0 Å². The van der Waals surface area contributed by atoms with Gasteiger partial charge in [0.25, 0.3) is 0 Å². The summed E-state index contributed by atoms with van der Waals surface area (Å²) in [4.78, 5) is 0.692. The molecule has 4 aromatic rings. The van der Waals surface area contributed by atoms with E-state index in [4.69, 9.17) is 15.9 Å². The van der Waals surface area contributed by atoms with Crippen molar-refractivity contribution in [1.82, 2.24) is 9.29 Å². The highest BCUT2D eigenvalue weighted by atomic mass is 32.2. The number of nitrogens with one attached hydrogen (secondary N) is 2. The van der Waals surface area contributed by atoms with Crippen LogP contribution in [0.3, 0.4) is 0 Å². The summed E-state index contributed by atoms with van der Waals surface area (Å²) in [5.74, 6) is -0.0838. The highest BCUT2D eigenvalue weighted by Gasteiger charge is 2.28. The molecule has 1 aliphatic heterocycles. The Hall–Kier alpha value is -3.33. The van der Waals surface area contributed by atoms with Gasteiger partial charge in [0.2, 0.25) is 0 Å². The molecule has 0 bridgehead atoms. The van der Waals surface area contributed by atoms with Gasteiger partial charge in [0.05, 0.1) is 10.4 Å². The number of fused-ring (bicyclic) bond motifs is 1. The van der Waals surface area contributed by atoms with Crippen molar-refractivity contribution in [2.24, 2.45) is 0 Å². The Labute approximate surface area is 212 Å². The van der Waals surface area contributed by atoms with Gasteiger partial charge >= 0.3 is 0 Å². The molecule has 8 heteroatoms. The maximum absolute atomic E-state index is 13.9. The average molecular weight is 505 g/mol. The van der Waals surface area contributed by atoms with E-state index in [1.54, 1.807) is 26.1 Å². The molecule has 6 nitrogen and oxygen atoms in total. The van der Waals surface area contributed by atoms with Crippen molar-refractivity contribution in [1.29, 1.82) is 5.41 Å². The summed E-state index contributed by atoms with van der Waals surface area (Å²) >= 11 is 0. The first kappa shape index (κ1) is 24.4. The molecule has 4 N–H and O–H groups in total. The number of rotatable bonds is 6. The fraction of sp³-hybridized carbons (Fsp3) is 0.250. The quantitative estimate of drug-likeness (QED) is 0.238. The summed E-state index contributed by atoms with van der Waals surface area (Å²) in [6, 6.07) is 18.1. The summed E-state index contributed by atoms with van der Waals surface area (Å²) in [5.41, 5.74) is 12.9. The van der Waals surface area contributed by atoms with Gasteiger partial charge in [0.1, 0.15) is 16.8 Å². The Morgan fingerprint density at radius 3 is 2.39 bits per heavy atom. The first-order chi connectivity index (χ1) is 17.4. The predicted octanol–water partition coefficient (Wildman–Crippen LogP) is 5.54. The summed E-state index contributed by atoms with van der Waals surface area (Å²) < 4.78 is 36.8. The fourth-order valence-electron chi connectivity index (χ4n) is 5.09. The van der Waals surface area contributed by atoms with E-state index in [2.05, 4.69) is 9.29 Å². The zero-order chi connectivity index (χ0) is 25.4. The molecule has 3 aromatic carbocycles. The summed E-state index contributed by atoms with van der Waals surface area (Å²) in [5, 5.41) is 9.23. The van der Waals surface area contributed by atoms with Gasteiger partial charge in [-0.1, -0.05) is 12.1 Å². The van der Waals surface area contributed by atoms with Gasteiger partial charge in [-0.05, 0) is 80.9 Å². The molecule has 1 aliphatic rings. The second-order valence-corrected chi connectivity index (χ2v) is 10.5. The lowest BCUT2D eigenvalue weighted by Gasteiger charge is -2.26. The van der Waals surface area contributed by atoms with Gasteiger partial charge in [-0.25, -0.2) is 13.3 Å². The van der Waals surface area contributed by atoms with Crippen molar-refractivity contribution in [3.8, 4) is 16.8 Å². The Morgan fingerprint density at radius 2 is 1.78 bits per heavy atom. The molecule has 1 saturated heterocycles. The van der Waals surface area contributed by atoms with Crippen molar-refractivity contribution >= 4 is 33.3 Å². The first-order valence-electron chi connectivity index (χ1n) is 12.0. The van der Waals surface area contributed by atoms with Gasteiger partial charge in [0, 0.05) is 58.4 Å². The fourth-order valence-corrected chi connectivity index (χ4v) is 5.71. The normalized spacial score (nSPS) is 15.3. The second kappa shape index (κ2) is 9.97. The Kier molecular flexibility index (Phi) is 6.75. The number of hydrogen-bond acceptors (Lipinski definition) is 4. The monoisotopic (exact) mass is 504 g/mol. The number of aromatic nitrogens is 1. The largest absolute Gasteiger partial charge is 0.398 e. The number of nitrogens with zero attached hydrogens (tertiary/aromatic N) is 1. The number of benzene rings is 3. The molecule has 0 amide bonds. The predicted molar refractivity (Wildman–Crippen MR) is 144 cm³/mol. The van der Waals surface area contributed by atoms with E-state index in [0.29, 0.717) is 35.1 Å². The molecule has 1 aromatic heterocycles. The molecular weight excluding hydrogens is 475 g/mol. The maximum Gasteiger partial charge on any atom is 0.124 e. The van der Waals surface area contributed by atoms with Crippen LogP contribution in [0.4, 0.5) is 10.1 Å². The molecule has 1 unspecified atom stereocenters. The molecule has 5 rings (SSSR count). The van der Waals surface area contributed by atoms with Crippen LogP contribution < -0.4 is 10.5 Å². The number of anilines is 1. The molecule has 0 spiro atoms. The van der Waals surface area contributed by atoms with Crippen LogP contribution in [0.15, 0.2) is 65.6 Å². The van der Waals surface area contributed by atoms with Gasteiger partial charge in [-0.15, -0.1) is 0 Å². The minimum absolute atomic E-state index is 0.211. The van der Waals surface area contributed by atoms with Crippen LogP contribution in [0.5, 0.6) is 0 Å². The smallest absolute Gasteiger partial charge is 0.124 e. The van der Waals surface area contributed by atoms with Crippen molar-refractivity contribution in [3.05, 3.63) is 77.7 Å². The molecule has 36 heavy (non-hydrogen) atoms. The third-order valence-corrected chi connectivity index (χ3v) is 7.89. The minimum atomic E-state index is -1.28. The summed E-state index contributed by atoms with van der Waals surface area (Å²) in [7, 11) is 0.381. The first-order valence-corrected chi connectivity index (χ1v) is 13.1. The standard InChI is InChI=1S/C28H29FN4O2S/c1-17(30)23-16-26-24(15-25(23)31)27(18-3-9-22(10-4-18)36(34)32-2)28(19-11-13-35-14-12-19)33(26)21-7-5-20(29)6-8-21/h3-10,15-16,19,30,32H,11-14,31H2,1-2H3. The zero-order valence-electron chi connectivity index (χ0n) is 20.3. The van der Waals surface area contributed by atoms with Crippen LogP contribution >= 0.6 is 0 Å². The average Bonchev–Trinajstić information content (AvgIpc) is 3.22. The van der Waals surface area contributed by atoms with Gasteiger partial charge in [-0.2, -0.15) is 0 Å². The molecule has 1 fully saturated rings. The van der Waals surface area contributed by atoms with Crippen LogP contribution in [0.1, 0.15) is 36.9 Å². The van der Waals surface area contributed by atoms with Crippen molar-refractivity contribution in [2.75, 3.05) is 26.0 Å². The lowest BCUT2D eigenvalue weighted by Crippen LogP contribution is -2.17. The lowest BCUT2D eigenvalue weighted by atomic mass is 9.89. The molecule has 186 valence electrons. The number of nitrogen functional groups attached to an aromatic ring is 1. The third-order valence-electron chi connectivity index (χ3n) is 6.81. The topological polar surface area (TPSA) is 93.1 Å². The molecular formula is C28H29FN4O2S. The van der Waals surface area contributed by atoms with Crippen LogP contribution in [-0.4, -0.2) is 34.7 Å². The highest BCUT2D eigenvalue weighted by Crippen LogP contribution is 2.44. The van der Waals surface area contributed by atoms with E-state index >= 15 is 0 Å². The summed E-state index contributed by atoms with van der Waals surface area (Å²) in [6.07, 6.45) is 1.72. The van der Waals surface area contributed by atoms with Gasteiger partial charge in [-0.3, -0.25) is 0 Å². The van der Waals surface area contributed by atoms with E-state index in [-0.39, 0.29) is 11.7 Å². The lowest BCUT2D eigenvalue weighted by molar-refractivity contribution is 0.0843. The molecule has 0 saturated carbocycles. The number of ether oxygens (including phenoxy) is 1. The van der Waals surface area contributed by atoms with Gasteiger partial charge < -0.3 is 20.4 Å². The number of halogens is 1. The Balaban J connectivity index is 1.86.